The van der Waals surface area contributed by atoms with E-state index < -0.39 is 0 Å². The minimum atomic E-state index is 1.10. The maximum Gasteiger partial charge on any atom is -0.00201 e. The van der Waals surface area contributed by atoms with Crippen molar-refractivity contribution in [1.82, 2.24) is 0 Å². The first kappa shape index (κ1) is 62.8. The van der Waals surface area contributed by atoms with Crippen LogP contribution in [0.1, 0.15) is 133 Å². The van der Waals surface area contributed by atoms with Crippen LogP contribution >= 0.6 is 0 Å². The first-order chi connectivity index (χ1) is 36.8. The van der Waals surface area contributed by atoms with E-state index in [0.29, 0.717) is 0 Å². The summed E-state index contributed by atoms with van der Waals surface area (Å²) >= 11 is 0. The minimum absolute atomic E-state index is 1.10. The van der Waals surface area contributed by atoms with E-state index in [1.165, 1.54) is 97.7 Å². The molecule has 0 heterocycles. The van der Waals surface area contributed by atoms with Crippen LogP contribution in [0, 0.1) is 0 Å². The van der Waals surface area contributed by atoms with E-state index in [1.807, 2.05) is 111 Å². The first-order valence-electron chi connectivity index (χ1n) is 28.3. The van der Waals surface area contributed by atoms with Crippen molar-refractivity contribution in [3.63, 3.8) is 0 Å². The molecule has 0 fully saturated rings. The molecule has 12 aromatic rings. The Labute approximate surface area is 449 Å². The molecule has 0 aliphatic heterocycles. The molecule has 13 rings (SSSR count). The summed E-state index contributed by atoms with van der Waals surface area (Å²) in [5, 5.41) is 18.7. The SMILES string of the molecule is CC.CC.CC.CC.CC.CC.CC.CC.c1cc2ccc3cccc4ccc(c1)c2c34.c1ccc2c(c1)Cc1ccccc1C2.c1ccc2c(c1)ccc1ccccc12.c1ccc2c(c1)ccc1ccccc12. The molecule has 0 amide bonds. The fourth-order valence-corrected chi connectivity index (χ4v) is 8.79. The van der Waals surface area contributed by atoms with E-state index in [-0.39, 0.29) is 0 Å². The third-order valence-electron chi connectivity index (χ3n) is 11.7. The molecule has 0 radical (unpaired) electrons. The molecule has 0 aromatic heterocycles. The molecule has 12 aromatic carbocycles. The van der Waals surface area contributed by atoms with Crippen LogP contribution in [0.15, 0.2) is 231 Å². The second kappa shape index (κ2) is 36.6. The van der Waals surface area contributed by atoms with Crippen molar-refractivity contribution in [1.29, 1.82) is 0 Å². The lowest BCUT2D eigenvalue weighted by molar-refractivity contribution is 1.00. The lowest BCUT2D eigenvalue weighted by atomic mass is 9.86. The summed E-state index contributed by atoms with van der Waals surface area (Å²) in [6.07, 6.45) is 2.21. The van der Waals surface area contributed by atoms with E-state index in [4.69, 9.17) is 0 Å². The molecule has 386 valence electrons. The standard InChI is InChI=1S/C16H10.2C14H10.C14H12.8C2H6/c1-3-11-7-9-13-5-2-6-14-10-8-12(4-1)15(11)16(13)14;2*1-3-7-13-11(5-1)9-10-12-6-2-4-8-14(12)13;1-2-6-12-10-14-8-4-3-7-13(14)9-11(12)5-1;8*1-2/h1-10H;2*1-10H;1-8H,9-10H2;8*1-2H3. The number of hydrogen-bond donors (Lipinski definition) is 0. The Morgan fingerprint density at radius 1 is 0.162 bits per heavy atom. The zero-order valence-electron chi connectivity index (χ0n) is 48.4. The van der Waals surface area contributed by atoms with Gasteiger partial charge in [-0.15, -0.1) is 0 Å². The van der Waals surface area contributed by atoms with Crippen LogP contribution in [0.4, 0.5) is 0 Å². The van der Waals surface area contributed by atoms with E-state index in [2.05, 4.69) is 231 Å². The minimum Gasteiger partial charge on any atom is -0.0683 e. The van der Waals surface area contributed by atoms with Gasteiger partial charge in [-0.1, -0.05) is 341 Å². The number of hydrogen-bond acceptors (Lipinski definition) is 0. The van der Waals surface area contributed by atoms with E-state index in [1.54, 1.807) is 0 Å². The van der Waals surface area contributed by atoms with Crippen molar-refractivity contribution in [2.45, 2.75) is 124 Å². The van der Waals surface area contributed by atoms with Gasteiger partial charge in [0.1, 0.15) is 0 Å². The third-order valence-corrected chi connectivity index (χ3v) is 11.7. The van der Waals surface area contributed by atoms with Crippen LogP contribution < -0.4 is 0 Å². The van der Waals surface area contributed by atoms with E-state index in [0.717, 1.165) is 12.8 Å². The van der Waals surface area contributed by atoms with Crippen LogP contribution in [0.25, 0.3) is 75.4 Å². The topological polar surface area (TPSA) is 0 Å². The van der Waals surface area contributed by atoms with Crippen LogP contribution in [0.5, 0.6) is 0 Å². The van der Waals surface area contributed by atoms with Gasteiger partial charge < -0.3 is 0 Å². The van der Waals surface area contributed by atoms with Gasteiger partial charge in [0.15, 0.2) is 0 Å². The average molecular weight is 980 g/mol. The van der Waals surface area contributed by atoms with E-state index in [9.17, 15) is 0 Å². The highest BCUT2D eigenvalue weighted by Crippen LogP contribution is 2.34. The van der Waals surface area contributed by atoms with Gasteiger partial charge >= 0.3 is 0 Å². The van der Waals surface area contributed by atoms with Gasteiger partial charge in [-0.3, -0.25) is 0 Å². The lowest BCUT2D eigenvalue weighted by Crippen LogP contribution is -2.06. The number of benzene rings is 12. The summed E-state index contributed by atoms with van der Waals surface area (Å²) < 4.78 is 0. The zero-order valence-corrected chi connectivity index (χ0v) is 48.4. The summed E-state index contributed by atoms with van der Waals surface area (Å²) in [4.78, 5) is 0. The smallest absolute Gasteiger partial charge is 0.00201 e. The molecule has 0 unspecified atom stereocenters. The highest BCUT2D eigenvalue weighted by Gasteiger charge is 2.13. The van der Waals surface area contributed by atoms with Crippen molar-refractivity contribution in [3.05, 3.63) is 253 Å². The summed E-state index contributed by atoms with van der Waals surface area (Å²) in [5.74, 6) is 0. The number of fused-ring (bicyclic) bond motifs is 8. The molecule has 0 saturated heterocycles. The molecular formula is C74H90. The quantitative estimate of drug-likeness (QED) is 0.133. The average Bonchev–Trinajstić information content (AvgIpc) is 3.52. The molecule has 0 saturated carbocycles. The second-order valence-corrected chi connectivity index (χ2v) is 15.2. The van der Waals surface area contributed by atoms with Gasteiger partial charge in [0.25, 0.3) is 0 Å². The normalized spacial score (nSPS) is 9.78. The molecule has 0 atom stereocenters. The molecule has 1 aliphatic rings. The van der Waals surface area contributed by atoms with Crippen LogP contribution in [0.3, 0.4) is 0 Å². The monoisotopic (exact) mass is 979 g/mol. The highest BCUT2D eigenvalue weighted by molar-refractivity contribution is 6.22. The molecule has 0 heteroatoms. The molecule has 0 bridgehead atoms. The summed E-state index contributed by atoms with van der Waals surface area (Å²) in [6.45, 7) is 32.0. The second-order valence-electron chi connectivity index (χ2n) is 15.2. The molecule has 0 N–H and O–H groups in total. The molecule has 0 spiro atoms. The van der Waals surface area contributed by atoms with Crippen molar-refractivity contribution in [3.8, 4) is 0 Å². The summed E-state index contributed by atoms with van der Waals surface area (Å²) in [5.41, 5.74) is 5.97. The maximum absolute atomic E-state index is 2.24. The predicted octanol–water partition coefficient (Wildman–Crippen LogP) is 24.0. The van der Waals surface area contributed by atoms with Gasteiger partial charge in [0.05, 0.1) is 0 Å². The maximum atomic E-state index is 2.24. The van der Waals surface area contributed by atoms with Gasteiger partial charge in [-0.05, 0) is 111 Å². The van der Waals surface area contributed by atoms with Crippen molar-refractivity contribution < 1.29 is 0 Å². The summed E-state index contributed by atoms with van der Waals surface area (Å²) in [6, 6.07) is 82.1. The zero-order chi connectivity index (χ0) is 54.7. The Kier molecular flexibility index (Phi) is 31.1. The largest absolute Gasteiger partial charge is 0.0683 e. The lowest BCUT2D eigenvalue weighted by Gasteiger charge is -2.18. The summed E-state index contributed by atoms with van der Waals surface area (Å²) in [7, 11) is 0. The fourth-order valence-electron chi connectivity index (χ4n) is 8.79. The Hall–Kier alpha value is -7.28. The van der Waals surface area contributed by atoms with Crippen LogP contribution in [-0.2, 0) is 12.8 Å². The predicted molar refractivity (Wildman–Crippen MR) is 342 cm³/mol. The number of rotatable bonds is 0. The Bertz CT molecular complexity index is 2910. The van der Waals surface area contributed by atoms with Crippen LogP contribution in [0.2, 0.25) is 0 Å². The van der Waals surface area contributed by atoms with Gasteiger partial charge in [-0.2, -0.15) is 0 Å². The molecular weight excluding hydrogens is 889 g/mol. The molecule has 74 heavy (non-hydrogen) atoms. The molecule has 0 nitrogen and oxygen atoms in total. The Morgan fingerprint density at radius 3 is 0.541 bits per heavy atom. The Balaban J connectivity index is 0.000000310. The van der Waals surface area contributed by atoms with Crippen molar-refractivity contribution in [2.75, 3.05) is 0 Å². The molecule has 1 aliphatic carbocycles. The third kappa shape index (κ3) is 16.4. The van der Waals surface area contributed by atoms with Gasteiger partial charge in [0, 0.05) is 0 Å². The highest BCUT2D eigenvalue weighted by atomic mass is 14.2. The van der Waals surface area contributed by atoms with Gasteiger partial charge in [-0.25, -0.2) is 0 Å². The van der Waals surface area contributed by atoms with Crippen LogP contribution in [-0.4, -0.2) is 0 Å². The van der Waals surface area contributed by atoms with Crippen molar-refractivity contribution >= 4 is 75.4 Å². The fraction of sp³-hybridized carbons (Fsp3) is 0.243. The van der Waals surface area contributed by atoms with Crippen molar-refractivity contribution in [2.24, 2.45) is 0 Å². The first-order valence-corrected chi connectivity index (χ1v) is 28.3. The van der Waals surface area contributed by atoms with Gasteiger partial charge in [0.2, 0.25) is 0 Å². The Morgan fingerprint density at radius 2 is 0.324 bits per heavy atom. The van der Waals surface area contributed by atoms with E-state index >= 15 is 0 Å².